The van der Waals surface area contributed by atoms with Gasteiger partial charge in [0, 0.05) is 22.5 Å². The lowest BCUT2D eigenvalue weighted by Crippen LogP contribution is -2.04. The van der Waals surface area contributed by atoms with Gasteiger partial charge in [0.2, 0.25) is 0 Å². The van der Waals surface area contributed by atoms with E-state index in [-0.39, 0.29) is 47.3 Å². The molecule has 7 heteroatoms. The zero-order valence-electron chi connectivity index (χ0n) is 14.2. The summed E-state index contributed by atoms with van der Waals surface area (Å²) in [6.45, 7) is 1.87. The van der Waals surface area contributed by atoms with Crippen LogP contribution in [0.3, 0.4) is 0 Å². The Morgan fingerprint density at radius 2 is 1.84 bits per heavy atom. The number of nitriles is 1. The first-order chi connectivity index (χ1) is 11.8. The third-order valence-corrected chi connectivity index (χ3v) is 4.41. The Balaban J connectivity index is 2.85. The molecule has 0 fully saturated rings. The summed E-state index contributed by atoms with van der Waals surface area (Å²) in [5.74, 6) is 0.389. The van der Waals surface area contributed by atoms with E-state index in [1.165, 1.54) is 7.11 Å². The van der Waals surface area contributed by atoms with Crippen LogP contribution in [0.5, 0.6) is 5.75 Å². The normalized spacial score (nSPS) is 12.3. The summed E-state index contributed by atoms with van der Waals surface area (Å²) < 4.78 is 43.1. The Kier molecular flexibility index (Phi) is 8.56. The lowest BCUT2D eigenvalue weighted by atomic mass is 10.0. The number of carbonyl (C=O) groups excluding carboxylic acids is 1. The molecule has 0 saturated heterocycles. The van der Waals surface area contributed by atoms with E-state index in [9.17, 15) is 23.2 Å². The van der Waals surface area contributed by atoms with Crippen LogP contribution in [-0.4, -0.2) is 18.4 Å². The zero-order chi connectivity index (χ0) is 18.9. The van der Waals surface area contributed by atoms with Gasteiger partial charge in [-0.3, -0.25) is 4.79 Å². The molecule has 1 rings (SSSR count). The van der Waals surface area contributed by atoms with E-state index < -0.39 is 5.51 Å². The van der Waals surface area contributed by atoms with E-state index in [2.05, 4.69) is 0 Å². The fourth-order valence-electron chi connectivity index (χ4n) is 2.16. The minimum atomic E-state index is -4.44. The summed E-state index contributed by atoms with van der Waals surface area (Å²) in [5, 5.41) is 9.23. The van der Waals surface area contributed by atoms with Crippen LogP contribution in [0.4, 0.5) is 13.2 Å². The van der Waals surface area contributed by atoms with Gasteiger partial charge in [-0.1, -0.05) is 13.3 Å². The van der Waals surface area contributed by atoms with Crippen molar-refractivity contribution >= 4 is 17.5 Å². The number of benzene rings is 1. The highest BCUT2D eigenvalue weighted by molar-refractivity contribution is 8.03. The average Bonchev–Trinajstić information content (AvgIpc) is 2.58. The number of ketones is 1. The van der Waals surface area contributed by atoms with E-state index in [4.69, 9.17) is 4.74 Å². The summed E-state index contributed by atoms with van der Waals surface area (Å²) in [6, 6.07) is 8.32. The van der Waals surface area contributed by atoms with Crippen LogP contribution in [-0.2, 0) is 0 Å². The molecule has 0 aliphatic heterocycles. The van der Waals surface area contributed by atoms with Crippen molar-refractivity contribution in [1.82, 2.24) is 0 Å². The highest BCUT2D eigenvalue weighted by Crippen LogP contribution is 2.40. The fourth-order valence-corrected chi connectivity index (χ4v) is 2.95. The molecule has 1 aromatic rings. The second kappa shape index (κ2) is 10.1. The third kappa shape index (κ3) is 7.65. The van der Waals surface area contributed by atoms with Gasteiger partial charge in [0.1, 0.15) is 5.75 Å². The van der Waals surface area contributed by atoms with E-state index >= 15 is 0 Å². The molecular weight excluding hydrogens is 351 g/mol. The fraction of sp³-hybridized carbons (Fsp3) is 0.444. The van der Waals surface area contributed by atoms with Gasteiger partial charge in [-0.2, -0.15) is 18.4 Å². The first-order valence-electron chi connectivity index (χ1n) is 7.85. The number of methoxy groups -OCH3 is 1. The van der Waals surface area contributed by atoms with Crippen molar-refractivity contribution in [1.29, 1.82) is 5.26 Å². The summed E-state index contributed by atoms with van der Waals surface area (Å²) in [4.78, 5) is 12.2. The van der Waals surface area contributed by atoms with E-state index in [0.29, 0.717) is 17.7 Å². The molecule has 0 bridgehead atoms. The number of thioether (sulfide) groups is 1. The van der Waals surface area contributed by atoms with Crippen molar-refractivity contribution in [2.75, 3.05) is 7.11 Å². The molecule has 25 heavy (non-hydrogen) atoms. The van der Waals surface area contributed by atoms with Crippen molar-refractivity contribution < 1.29 is 22.7 Å². The second-order valence-corrected chi connectivity index (χ2v) is 6.48. The average molecular weight is 371 g/mol. The molecule has 0 saturated carbocycles. The van der Waals surface area contributed by atoms with Crippen LogP contribution in [0, 0.1) is 11.3 Å². The first kappa shape index (κ1) is 21.1. The molecule has 0 heterocycles. The predicted molar refractivity (Wildman–Crippen MR) is 92.4 cm³/mol. The first-order valence-corrected chi connectivity index (χ1v) is 8.67. The Morgan fingerprint density at radius 1 is 1.20 bits per heavy atom. The van der Waals surface area contributed by atoms with Gasteiger partial charge >= 0.3 is 5.51 Å². The minimum Gasteiger partial charge on any atom is -0.497 e. The molecule has 0 amide bonds. The molecule has 0 spiro atoms. The number of unbranched alkanes of at least 4 members (excludes halogenated alkanes) is 1. The molecule has 0 aromatic heterocycles. The number of allylic oxidation sites excluding steroid dienone is 2. The Hall–Kier alpha value is -1.94. The van der Waals surface area contributed by atoms with Crippen LogP contribution < -0.4 is 4.74 Å². The number of alkyl halides is 3. The van der Waals surface area contributed by atoms with Gasteiger partial charge in [-0.25, -0.2) is 0 Å². The maximum Gasteiger partial charge on any atom is 0.446 e. The standard InChI is InChI=1S/C18H20F3NO2S/c1-3-4-5-17(25-18(19,20)21)14(12-22)8-11-16(23)13-6-9-15(24-2)10-7-13/h6-7,9-10H,3-5,8,11H2,1-2H3/b17-14+. The Morgan fingerprint density at radius 3 is 2.32 bits per heavy atom. The summed E-state index contributed by atoms with van der Waals surface area (Å²) in [6.07, 6.45) is 1.48. The topological polar surface area (TPSA) is 50.1 Å². The maximum absolute atomic E-state index is 12.7. The molecule has 3 nitrogen and oxygen atoms in total. The van der Waals surface area contributed by atoms with E-state index in [1.807, 2.05) is 13.0 Å². The van der Waals surface area contributed by atoms with Gasteiger partial charge in [0.25, 0.3) is 0 Å². The second-order valence-electron chi connectivity index (χ2n) is 5.32. The van der Waals surface area contributed by atoms with Gasteiger partial charge in [0.05, 0.1) is 13.2 Å². The summed E-state index contributed by atoms with van der Waals surface area (Å²) in [5.41, 5.74) is -3.96. The van der Waals surface area contributed by atoms with E-state index in [1.54, 1.807) is 24.3 Å². The molecule has 0 unspecified atom stereocenters. The Bertz CT molecular complexity index is 646. The van der Waals surface area contributed by atoms with Crippen molar-refractivity contribution in [3.8, 4) is 11.8 Å². The summed E-state index contributed by atoms with van der Waals surface area (Å²) >= 11 is -0.244. The number of hydrogen-bond donors (Lipinski definition) is 0. The number of ether oxygens (including phenoxy) is 1. The monoisotopic (exact) mass is 371 g/mol. The SMILES string of the molecule is CCCC/C(SC(F)(F)F)=C(\C#N)CCC(=O)c1ccc(OC)cc1. The highest BCUT2D eigenvalue weighted by Gasteiger charge is 2.31. The third-order valence-electron chi connectivity index (χ3n) is 3.48. The molecule has 0 aliphatic rings. The highest BCUT2D eigenvalue weighted by atomic mass is 32.2. The van der Waals surface area contributed by atoms with Crippen LogP contribution in [0.15, 0.2) is 34.7 Å². The van der Waals surface area contributed by atoms with Crippen LogP contribution in [0.25, 0.3) is 0 Å². The lowest BCUT2D eigenvalue weighted by molar-refractivity contribution is -0.0322. The number of Topliss-reactive ketones (excluding diaryl/α,β-unsaturated/α-hetero) is 1. The van der Waals surface area contributed by atoms with Gasteiger partial charge < -0.3 is 4.74 Å². The quantitative estimate of drug-likeness (QED) is 0.402. The molecule has 0 radical (unpaired) electrons. The van der Waals surface area contributed by atoms with Gasteiger partial charge in [0.15, 0.2) is 5.78 Å². The van der Waals surface area contributed by atoms with Crippen molar-refractivity contribution in [2.45, 2.75) is 44.5 Å². The lowest BCUT2D eigenvalue weighted by Gasteiger charge is -2.12. The van der Waals surface area contributed by atoms with Crippen molar-refractivity contribution in [3.05, 3.63) is 40.3 Å². The molecule has 0 aliphatic carbocycles. The van der Waals surface area contributed by atoms with Crippen molar-refractivity contribution in [3.63, 3.8) is 0 Å². The predicted octanol–water partition coefficient (Wildman–Crippen LogP) is 5.88. The number of nitrogens with zero attached hydrogens (tertiary/aromatic N) is 1. The molecule has 1 aromatic carbocycles. The number of hydrogen-bond acceptors (Lipinski definition) is 4. The molecule has 0 atom stereocenters. The van der Waals surface area contributed by atoms with E-state index in [0.717, 1.165) is 6.42 Å². The largest absolute Gasteiger partial charge is 0.497 e. The smallest absolute Gasteiger partial charge is 0.446 e. The Labute approximate surface area is 149 Å². The maximum atomic E-state index is 12.7. The number of rotatable bonds is 9. The van der Waals surface area contributed by atoms with Gasteiger partial charge in [-0.05, 0) is 55.3 Å². The molecule has 136 valence electrons. The van der Waals surface area contributed by atoms with Crippen LogP contribution >= 0.6 is 11.8 Å². The van der Waals surface area contributed by atoms with Crippen molar-refractivity contribution in [2.24, 2.45) is 0 Å². The zero-order valence-corrected chi connectivity index (χ0v) is 15.0. The molecule has 0 N–H and O–H groups in total. The molecular formula is C18H20F3NO2S. The number of carbonyl (C=O) groups is 1. The number of halogens is 3. The van der Waals surface area contributed by atoms with Gasteiger partial charge in [-0.15, -0.1) is 0 Å². The van der Waals surface area contributed by atoms with Crippen LogP contribution in [0.1, 0.15) is 49.4 Å². The minimum absolute atomic E-state index is 0.00346. The summed E-state index contributed by atoms with van der Waals surface area (Å²) in [7, 11) is 1.51. The van der Waals surface area contributed by atoms with Crippen LogP contribution in [0.2, 0.25) is 0 Å².